The van der Waals surface area contributed by atoms with Gasteiger partial charge in [0.1, 0.15) is 18.0 Å². The fourth-order valence-electron chi connectivity index (χ4n) is 12.0. The highest BCUT2D eigenvalue weighted by molar-refractivity contribution is 5.43. The summed E-state index contributed by atoms with van der Waals surface area (Å²) in [4.78, 5) is 2.71. The Bertz CT molecular complexity index is 874. The minimum Gasteiger partial charge on any atom is -0.384 e. The maximum Gasteiger partial charge on any atom is 0.148 e. The van der Waals surface area contributed by atoms with Gasteiger partial charge in [-0.05, 0) is 31.7 Å². The lowest BCUT2D eigenvalue weighted by molar-refractivity contribution is -0.287. The third-order valence-electron chi connectivity index (χ3n) is 12.3. The van der Waals surface area contributed by atoms with Crippen LogP contribution in [0.1, 0.15) is 32.6 Å². The van der Waals surface area contributed by atoms with Gasteiger partial charge >= 0.3 is 0 Å². The predicted molar refractivity (Wildman–Crippen MR) is 126 cm³/mol. The second-order valence-corrected chi connectivity index (χ2v) is 12.5. The van der Waals surface area contributed by atoms with Crippen LogP contribution in [0.5, 0.6) is 0 Å². The molecule has 0 amide bonds. The van der Waals surface area contributed by atoms with E-state index in [1.807, 2.05) is 35.5 Å². The molecule has 0 aromatic rings. The number of nitrogens with zero attached hydrogens (tertiary/aromatic N) is 1. The molecule has 35 heavy (non-hydrogen) atoms. The van der Waals surface area contributed by atoms with Gasteiger partial charge in [-0.25, -0.2) is 0 Å². The van der Waals surface area contributed by atoms with Gasteiger partial charge in [0, 0.05) is 77.1 Å². The number of methoxy groups -OCH3 is 5. The summed E-state index contributed by atoms with van der Waals surface area (Å²) in [5.41, 5.74) is -1.22. The molecule has 7 aliphatic rings. The lowest BCUT2D eigenvalue weighted by Crippen LogP contribution is -2.81. The minimum absolute atomic E-state index is 0.00639. The Balaban J connectivity index is 1.56. The van der Waals surface area contributed by atoms with Gasteiger partial charge in [0.15, 0.2) is 0 Å². The highest BCUT2D eigenvalue weighted by Crippen LogP contribution is 2.82. The molecule has 2 saturated heterocycles. The molecule has 0 N–H and O–H groups in total. The molecular formula is C27H43NO7. The molecule has 0 radical (unpaired) electrons. The normalized spacial score (nSPS) is 59.7. The number of fused-ring (bicyclic) bond motifs is 1. The lowest BCUT2D eigenvalue weighted by atomic mass is 9.42. The monoisotopic (exact) mass is 493 g/mol. The molecule has 0 aromatic heterocycles. The largest absolute Gasteiger partial charge is 0.384 e. The summed E-state index contributed by atoms with van der Waals surface area (Å²) in [5.74, 6) is 1.25. The molecule has 8 nitrogen and oxygen atoms in total. The molecule has 7 bridgehead atoms. The molecule has 198 valence electrons. The van der Waals surface area contributed by atoms with Gasteiger partial charge in [-0.1, -0.05) is 6.92 Å². The zero-order valence-corrected chi connectivity index (χ0v) is 22.2. The molecule has 13 atom stereocenters. The summed E-state index contributed by atoms with van der Waals surface area (Å²) in [6, 6.07) is 0.167. The topological polar surface area (TPSA) is 67.9 Å². The Kier molecular flexibility index (Phi) is 5.18. The van der Waals surface area contributed by atoms with Crippen molar-refractivity contribution in [2.45, 2.75) is 74.3 Å². The first kappa shape index (κ1) is 23.8. The van der Waals surface area contributed by atoms with Crippen molar-refractivity contribution < 1.29 is 33.2 Å². The predicted octanol–water partition coefficient (Wildman–Crippen LogP) is 1.94. The van der Waals surface area contributed by atoms with Gasteiger partial charge in [0.25, 0.3) is 0 Å². The van der Waals surface area contributed by atoms with Gasteiger partial charge in [-0.2, -0.15) is 0 Å². The van der Waals surface area contributed by atoms with Crippen LogP contribution in [0.25, 0.3) is 0 Å². The van der Waals surface area contributed by atoms with Crippen LogP contribution < -0.4 is 0 Å². The summed E-state index contributed by atoms with van der Waals surface area (Å²) >= 11 is 0. The number of rotatable bonds is 7. The Hall–Kier alpha value is -0.320. The molecule has 5 aliphatic carbocycles. The second-order valence-electron chi connectivity index (χ2n) is 12.5. The number of piperidine rings is 1. The van der Waals surface area contributed by atoms with Crippen LogP contribution >= 0.6 is 0 Å². The average molecular weight is 494 g/mol. The lowest BCUT2D eigenvalue weighted by Gasteiger charge is -2.70. The smallest absolute Gasteiger partial charge is 0.148 e. The van der Waals surface area contributed by atoms with Crippen LogP contribution in [-0.4, -0.2) is 109 Å². The standard InChI is InChI=1S/C27H43NO7/c1-7-28-12-24(13-29-2)9-8-18(31-4)26-16-10-15-17(30-3)11-25(19(16)20(15)32-5)27(23(26)28,35-14-34-25)22(33-6)21(24)26/h15-23H,7-14H2,1-6H3/t15?,16-,17+,18?,19-,20?,21-,22+,23?,24+,25-,26?,27+/m1/s1. The summed E-state index contributed by atoms with van der Waals surface area (Å²) < 4.78 is 45.7. The van der Waals surface area contributed by atoms with Crippen molar-refractivity contribution in [3.05, 3.63) is 0 Å². The highest BCUT2D eigenvalue weighted by Gasteiger charge is 2.93. The minimum atomic E-state index is -0.594. The third-order valence-corrected chi connectivity index (χ3v) is 12.3. The Morgan fingerprint density at radius 2 is 1.83 bits per heavy atom. The fourth-order valence-corrected chi connectivity index (χ4v) is 12.0. The highest BCUT2D eigenvalue weighted by atomic mass is 16.7. The van der Waals surface area contributed by atoms with Gasteiger partial charge in [0.05, 0.1) is 37.1 Å². The Labute approximate surface area is 209 Å². The number of likely N-dealkylation sites (tertiary alicyclic amines) is 1. The Morgan fingerprint density at radius 3 is 2.49 bits per heavy atom. The van der Waals surface area contributed by atoms with Crippen molar-refractivity contribution in [3.8, 4) is 0 Å². The molecule has 2 heterocycles. The van der Waals surface area contributed by atoms with Gasteiger partial charge in [-0.3, -0.25) is 4.90 Å². The van der Waals surface area contributed by atoms with E-state index in [2.05, 4.69) is 11.8 Å². The van der Waals surface area contributed by atoms with Gasteiger partial charge in [0.2, 0.25) is 0 Å². The van der Waals surface area contributed by atoms with Crippen molar-refractivity contribution in [1.29, 1.82) is 0 Å². The van der Waals surface area contributed by atoms with Crippen molar-refractivity contribution in [2.24, 2.45) is 34.5 Å². The molecule has 2 aliphatic heterocycles. The zero-order chi connectivity index (χ0) is 24.4. The molecule has 0 aromatic carbocycles. The molecule has 7 fully saturated rings. The van der Waals surface area contributed by atoms with Crippen molar-refractivity contribution >= 4 is 0 Å². The molecule has 7 rings (SSSR count). The van der Waals surface area contributed by atoms with Crippen LogP contribution in [0.2, 0.25) is 0 Å². The summed E-state index contributed by atoms with van der Waals surface area (Å²) in [6.45, 7) is 5.29. The first-order chi connectivity index (χ1) is 17.0. The zero-order valence-electron chi connectivity index (χ0n) is 22.2. The first-order valence-corrected chi connectivity index (χ1v) is 13.6. The SMILES string of the molecule is CCN1C[C@]2(COC)CCC(OC)C34C1[C@@]1(OCO[C@@]15C[C@H](OC)C1C[C@@H]3[C@@H]5C1OC)[C@@H](OC)[C@@H]42. The summed E-state index contributed by atoms with van der Waals surface area (Å²) in [7, 11) is 9.39. The van der Waals surface area contributed by atoms with Gasteiger partial charge < -0.3 is 33.2 Å². The second kappa shape index (κ2) is 7.63. The third kappa shape index (κ3) is 2.25. The van der Waals surface area contributed by atoms with E-state index in [0.29, 0.717) is 18.6 Å². The van der Waals surface area contributed by atoms with E-state index in [4.69, 9.17) is 33.2 Å². The van der Waals surface area contributed by atoms with Crippen molar-refractivity contribution in [2.75, 3.05) is 62.0 Å². The van der Waals surface area contributed by atoms with E-state index < -0.39 is 11.2 Å². The molecular weight excluding hydrogens is 450 g/mol. The molecule has 3 spiro atoms. The summed E-state index contributed by atoms with van der Waals surface area (Å²) in [6.07, 6.45) is 4.23. The van der Waals surface area contributed by atoms with Gasteiger partial charge in [-0.15, -0.1) is 0 Å². The molecule has 5 unspecified atom stereocenters. The number of hydrogen-bond donors (Lipinski definition) is 0. The van der Waals surface area contributed by atoms with Crippen molar-refractivity contribution in [3.63, 3.8) is 0 Å². The summed E-state index contributed by atoms with van der Waals surface area (Å²) in [5, 5.41) is 0. The van der Waals surface area contributed by atoms with Crippen LogP contribution in [0, 0.1) is 34.5 Å². The van der Waals surface area contributed by atoms with E-state index in [1.165, 1.54) is 0 Å². The van der Waals surface area contributed by atoms with E-state index >= 15 is 0 Å². The maximum atomic E-state index is 7.02. The van der Waals surface area contributed by atoms with Crippen LogP contribution in [-0.2, 0) is 33.2 Å². The number of hydrogen-bond acceptors (Lipinski definition) is 8. The molecule has 5 saturated carbocycles. The number of likely N-dealkylation sites (N-methyl/N-ethyl adjacent to an activating group) is 1. The van der Waals surface area contributed by atoms with Crippen LogP contribution in [0.4, 0.5) is 0 Å². The van der Waals surface area contributed by atoms with Crippen molar-refractivity contribution in [1.82, 2.24) is 4.90 Å². The maximum absolute atomic E-state index is 7.02. The number of ether oxygens (including phenoxy) is 7. The Morgan fingerprint density at radius 1 is 1.00 bits per heavy atom. The molecule has 8 heteroatoms. The quantitative estimate of drug-likeness (QED) is 0.533. The first-order valence-electron chi connectivity index (χ1n) is 13.6. The van der Waals surface area contributed by atoms with E-state index in [1.54, 1.807) is 0 Å². The van der Waals surface area contributed by atoms with E-state index in [-0.39, 0.29) is 53.1 Å². The van der Waals surface area contributed by atoms with Crippen LogP contribution in [0.15, 0.2) is 0 Å². The average Bonchev–Trinajstić information content (AvgIpc) is 3.45. The fraction of sp³-hybridized carbons (Fsp3) is 1.00. The van der Waals surface area contributed by atoms with Crippen LogP contribution in [0.3, 0.4) is 0 Å². The van der Waals surface area contributed by atoms with E-state index in [0.717, 1.165) is 45.4 Å². The van der Waals surface area contributed by atoms with E-state index in [9.17, 15) is 0 Å².